The van der Waals surface area contributed by atoms with Gasteiger partial charge in [-0.3, -0.25) is 15.1 Å². The number of nitrogens with zero attached hydrogens (tertiary/aromatic N) is 3. The zero-order valence-electron chi connectivity index (χ0n) is 11.3. The standard InChI is InChI=1S/C14H14FN3O3/c1-17(12-6-7-16-8-13(12)18(20)21)9-14(19)10-2-4-11(15)5-3-10/h2-8,14,19H,9H2,1H3. The second kappa shape index (κ2) is 6.27. The van der Waals surface area contributed by atoms with Crippen LogP contribution in [0.15, 0.2) is 42.7 Å². The summed E-state index contributed by atoms with van der Waals surface area (Å²) < 4.78 is 12.8. The van der Waals surface area contributed by atoms with Gasteiger partial charge < -0.3 is 10.0 Å². The summed E-state index contributed by atoms with van der Waals surface area (Å²) in [7, 11) is 1.63. The molecule has 2 aromatic rings. The number of aromatic nitrogens is 1. The van der Waals surface area contributed by atoms with Crippen molar-refractivity contribution in [1.82, 2.24) is 4.98 Å². The summed E-state index contributed by atoms with van der Waals surface area (Å²) in [6, 6.07) is 6.99. The molecule has 0 saturated heterocycles. The van der Waals surface area contributed by atoms with E-state index in [4.69, 9.17) is 0 Å². The number of nitro groups is 1. The predicted molar refractivity (Wildman–Crippen MR) is 75.5 cm³/mol. The number of halogens is 1. The first kappa shape index (κ1) is 14.9. The van der Waals surface area contributed by atoms with Crippen molar-refractivity contribution in [1.29, 1.82) is 0 Å². The minimum Gasteiger partial charge on any atom is -0.387 e. The molecule has 1 unspecified atom stereocenters. The number of likely N-dealkylation sites (N-methyl/N-ethyl adjacent to an activating group) is 1. The summed E-state index contributed by atoms with van der Waals surface area (Å²) in [4.78, 5) is 15.7. The monoisotopic (exact) mass is 291 g/mol. The zero-order valence-corrected chi connectivity index (χ0v) is 11.3. The van der Waals surface area contributed by atoms with Crippen molar-refractivity contribution in [2.24, 2.45) is 0 Å². The average molecular weight is 291 g/mol. The summed E-state index contributed by atoms with van der Waals surface area (Å²) in [6.07, 6.45) is 1.72. The summed E-state index contributed by atoms with van der Waals surface area (Å²) >= 11 is 0. The fourth-order valence-corrected chi connectivity index (χ4v) is 1.99. The van der Waals surface area contributed by atoms with E-state index < -0.39 is 11.0 Å². The number of anilines is 1. The van der Waals surface area contributed by atoms with Gasteiger partial charge in [-0.2, -0.15) is 0 Å². The van der Waals surface area contributed by atoms with Crippen LogP contribution in [0.5, 0.6) is 0 Å². The molecule has 0 aliphatic heterocycles. The molecule has 0 aliphatic carbocycles. The number of hydrogen-bond donors (Lipinski definition) is 1. The van der Waals surface area contributed by atoms with Gasteiger partial charge in [0.2, 0.25) is 0 Å². The van der Waals surface area contributed by atoms with Gasteiger partial charge >= 0.3 is 5.69 Å². The normalized spacial score (nSPS) is 12.0. The van der Waals surface area contributed by atoms with E-state index in [2.05, 4.69) is 4.98 Å². The van der Waals surface area contributed by atoms with Crippen molar-refractivity contribution >= 4 is 11.4 Å². The average Bonchev–Trinajstić information content (AvgIpc) is 2.47. The van der Waals surface area contributed by atoms with E-state index >= 15 is 0 Å². The Labute approximate surface area is 120 Å². The Hall–Kier alpha value is -2.54. The first-order valence-corrected chi connectivity index (χ1v) is 6.22. The minimum atomic E-state index is -0.886. The van der Waals surface area contributed by atoms with Crippen molar-refractivity contribution in [3.8, 4) is 0 Å². The van der Waals surface area contributed by atoms with Gasteiger partial charge in [0, 0.05) is 19.8 Å². The molecule has 1 heterocycles. The van der Waals surface area contributed by atoms with Crippen LogP contribution < -0.4 is 4.90 Å². The van der Waals surface area contributed by atoms with Gasteiger partial charge in [-0.05, 0) is 23.8 Å². The third-order valence-corrected chi connectivity index (χ3v) is 3.09. The molecule has 0 radical (unpaired) electrons. The van der Waals surface area contributed by atoms with Crippen LogP contribution in [-0.4, -0.2) is 28.6 Å². The molecule has 1 atom stereocenters. The van der Waals surface area contributed by atoms with E-state index in [0.717, 1.165) is 6.20 Å². The number of aliphatic hydroxyl groups excluding tert-OH is 1. The van der Waals surface area contributed by atoms with Crippen LogP contribution in [0, 0.1) is 15.9 Å². The quantitative estimate of drug-likeness (QED) is 0.675. The molecule has 7 heteroatoms. The highest BCUT2D eigenvalue weighted by Gasteiger charge is 2.19. The van der Waals surface area contributed by atoms with E-state index in [1.165, 1.54) is 36.5 Å². The first-order valence-electron chi connectivity index (χ1n) is 6.22. The Morgan fingerprint density at radius 2 is 2.05 bits per heavy atom. The Balaban J connectivity index is 2.16. The minimum absolute atomic E-state index is 0.133. The predicted octanol–water partition coefficient (Wildman–Crippen LogP) is 2.30. The van der Waals surface area contributed by atoms with E-state index in [-0.39, 0.29) is 18.0 Å². The molecule has 1 N–H and O–H groups in total. The molecule has 0 aliphatic rings. The SMILES string of the molecule is CN(CC(O)c1ccc(F)cc1)c1ccncc1[N+](=O)[O-]. The number of benzene rings is 1. The second-order valence-corrected chi connectivity index (χ2v) is 4.57. The van der Waals surface area contributed by atoms with Gasteiger partial charge in [-0.15, -0.1) is 0 Å². The van der Waals surface area contributed by atoms with Crippen molar-refractivity contribution in [2.75, 3.05) is 18.5 Å². The molecular formula is C14H14FN3O3. The topological polar surface area (TPSA) is 79.5 Å². The fraction of sp³-hybridized carbons (Fsp3) is 0.214. The highest BCUT2D eigenvalue weighted by Crippen LogP contribution is 2.27. The van der Waals surface area contributed by atoms with E-state index in [1.54, 1.807) is 11.9 Å². The lowest BCUT2D eigenvalue weighted by Crippen LogP contribution is -2.25. The van der Waals surface area contributed by atoms with Crippen molar-refractivity contribution in [3.63, 3.8) is 0 Å². The highest BCUT2D eigenvalue weighted by atomic mass is 19.1. The molecule has 0 bridgehead atoms. The Bertz CT molecular complexity index is 634. The van der Waals surface area contributed by atoms with Crippen LogP contribution in [0.3, 0.4) is 0 Å². The first-order chi connectivity index (χ1) is 9.99. The molecule has 2 rings (SSSR count). The van der Waals surface area contributed by atoms with Crippen molar-refractivity contribution in [2.45, 2.75) is 6.10 Å². The number of hydrogen-bond acceptors (Lipinski definition) is 5. The number of rotatable bonds is 5. The maximum atomic E-state index is 12.8. The van der Waals surface area contributed by atoms with Crippen molar-refractivity contribution < 1.29 is 14.4 Å². The molecule has 6 nitrogen and oxygen atoms in total. The smallest absolute Gasteiger partial charge is 0.310 e. The Kier molecular flexibility index (Phi) is 4.44. The van der Waals surface area contributed by atoms with Gasteiger partial charge in [0.05, 0.1) is 11.0 Å². The Morgan fingerprint density at radius 1 is 1.38 bits per heavy atom. The third kappa shape index (κ3) is 3.51. The maximum Gasteiger partial charge on any atom is 0.310 e. The molecular weight excluding hydrogens is 277 g/mol. The molecule has 1 aromatic heterocycles. The Morgan fingerprint density at radius 3 is 2.67 bits per heavy atom. The summed E-state index contributed by atoms with van der Waals surface area (Å²) in [5, 5.41) is 21.1. The van der Waals surface area contributed by atoms with Crippen molar-refractivity contribution in [3.05, 3.63) is 64.2 Å². The van der Waals surface area contributed by atoms with Gasteiger partial charge in [-0.25, -0.2) is 4.39 Å². The van der Waals surface area contributed by atoms with Gasteiger partial charge in [0.25, 0.3) is 0 Å². The maximum absolute atomic E-state index is 12.8. The largest absolute Gasteiger partial charge is 0.387 e. The molecule has 0 amide bonds. The summed E-state index contributed by atoms with van der Waals surface area (Å²) in [6.45, 7) is 0.135. The van der Waals surface area contributed by atoms with E-state index in [0.29, 0.717) is 11.3 Å². The van der Waals surface area contributed by atoms with Crippen LogP contribution >= 0.6 is 0 Å². The molecule has 21 heavy (non-hydrogen) atoms. The third-order valence-electron chi connectivity index (χ3n) is 3.09. The fourth-order valence-electron chi connectivity index (χ4n) is 1.99. The summed E-state index contributed by atoms with van der Waals surface area (Å²) in [5.74, 6) is -0.385. The second-order valence-electron chi connectivity index (χ2n) is 4.57. The van der Waals surface area contributed by atoms with Gasteiger partial charge in [-0.1, -0.05) is 12.1 Å². The lowest BCUT2D eigenvalue weighted by atomic mass is 10.1. The molecule has 0 spiro atoms. The van der Waals surface area contributed by atoms with Crippen LogP contribution in [0.2, 0.25) is 0 Å². The lowest BCUT2D eigenvalue weighted by Gasteiger charge is -2.22. The lowest BCUT2D eigenvalue weighted by molar-refractivity contribution is -0.384. The summed E-state index contributed by atoms with van der Waals surface area (Å²) in [5.41, 5.74) is 0.766. The van der Waals surface area contributed by atoms with Crippen LogP contribution in [0.1, 0.15) is 11.7 Å². The zero-order chi connectivity index (χ0) is 15.4. The highest BCUT2D eigenvalue weighted by molar-refractivity contribution is 5.61. The molecule has 0 saturated carbocycles. The molecule has 1 aromatic carbocycles. The molecule has 110 valence electrons. The van der Waals surface area contributed by atoms with Crippen LogP contribution in [0.4, 0.5) is 15.8 Å². The van der Waals surface area contributed by atoms with Gasteiger partial charge in [0.1, 0.15) is 17.7 Å². The molecule has 0 fully saturated rings. The van der Waals surface area contributed by atoms with E-state index in [1.807, 2.05) is 0 Å². The number of pyridine rings is 1. The number of aliphatic hydroxyl groups is 1. The van der Waals surface area contributed by atoms with Gasteiger partial charge in [0.15, 0.2) is 0 Å². The van der Waals surface area contributed by atoms with Crippen LogP contribution in [-0.2, 0) is 0 Å². The van der Waals surface area contributed by atoms with Crippen LogP contribution in [0.25, 0.3) is 0 Å². The van der Waals surface area contributed by atoms with E-state index in [9.17, 15) is 19.6 Å².